The molecule has 10 heteroatoms. The first-order valence-electron chi connectivity index (χ1n) is 11.4. The highest BCUT2D eigenvalue weighted by atomic mass is 19.1. The molecule has 1 saturated carbocycles. The summed E-state index contributed by atoms with van der Waals surface area (Å²) < 4.78 is 32.7. The topological polar surface area (TPSA) is 108 Å². The summed E-state index contributed by atoms with van der Waals surface area (Å²) in [6.07, 6.45) is 5.23. The van der Waals surface area contributed by atoms with Crippen LogP contribution in [0, 0.1) is 5.82 Å². The number of rotatable bonds is 6. The molecule has 0 atom stereocenters. The lowest BCUT2D eigenvalue weighted by molar-refractivity contribution is -0.0401. The van der Waals surface area contributed by atoms with E-state index in [1.54, 1.807) is 13.2 Å². The van der Waals surface area contributed by atoms with Gasteiger partial charge in [0.05, 0.1) is 29.2 Å². The van der Waals surface area contributed by atoms with E-state index in [2.05, 4.69) is 15.3 Å². The molecule has 5 rings (SSSR count). The highest BCUT2D eigenvalue weighted by Crippen LogP contribution is 2.33. The zero-order valence-corrected chi connectivity index (χ0v) is 18.9. The van der Waals surface area contributed by atoms with Crippen LogP contribution in [0.1, 0.15) is 31.4 Å². The van der Waals surface area contributed by atoms with Crippen LogP contribution < -0.4 is 25.1 Å². The van der Waals surface area contributed by atoms with E-state index >= 15 is 0 Å². The summed E-state index contributed by atoms with van der Waals surface area (Å²) in [5.74, 6) is 0.640. The highest BCUT2D eigenvalue weighted by Gasteiger charge is 2.34. The van der Waals surface area contributed by atoms with Gasteiger partial charge < -0.3 is 29.2 Å². The first-order valence-corrected chi connectivity index (χ1v) is 11.4. The molecule has 0 unspecified atom stereocenters. The average molecular weight is 471 g/mol. The second-order valence-electron chi connectivity index (χ2n) is 8.89. The molecule has 4 heterocycles. The number of halogens is 1. The lowest BCUT2D eigenvalue weighted by Crippen LogP contribution is -2.44. The zero-order valence-electron chi connectivity index (χ0n) is 18.9. The van der Waals surface area contributed by atoms with Crippen molar-refractivity contribution in [2.75, 3.05) is 19.8 Å². The minimum absolute atomic E-state index is 0.0662. The van der Waals surface area contributed by atoms with Crippen LogP contribution >= 0.6 is 0 Å². The van der Waals surface area contributed by atoms with Crippen LogP contribution in [-0.2, 0) is 13.6 Å². The predicted molar refractivity (Wildman–Crippen MR) is 122 cm³/mol. The Kier molecular flexibility index (Phi) is 6.09. The Balaban J connectivity index is 1.18. The Morgan fingerprint density at radius 2 is 1.97 bits per heavy atom. The molecule has 180 valence electrons. The summed E-state index contributed by atoms with van der Waals surface area (Å²) in [5.41, 5.74) is 0.217. The van der Waals surface area contributed by atoms with Crippen molar-refractivity contribution in [3.8, 4) is 17.2 Å². The number of aliphatic hydroxyl groups is 1. The maximum absolute atomic E-state index is 14.5. The number of ether oxygens (including phenoxy) is 3. The van der Waals surface area contributed by atoms with Crippen LogP contribution in [0.15, 0.2) is 35.4 Å². The molecule has 3 aromatic rings. The van der Waals surface area contributed by atoms with E-state index in [1.807, 2.05) is 6.07 Å². The maximum Gasteiger partial charge on any atom is 0.250 e. The largest absolute Gasteiger partial charge is 0.486 e. The smallest absolute Gasteiger partial charge is 0.250 e. The molecule has 1 fully saturated rings. The molecule has 0 saturated heterocycles. The van der Waals surface area contributed by atoms with Gasteiger partial charge in [-0.3, -0.25) is 14.8 Å². The molecule has 0 bridgehead atoms. The molecule has 0 spiro atoms. The van der Waals surface area contributed by atoms with Gasteiger partial charge in [-0.15, -0.1) is 0 Å². The van der Waals surface area contributed by atoms with Gasteiger partial charge in [0.25, 0.3) is 5.56 Å². The monoisotopic (exact) mass is 470 g/mol. The van der Waals surface area contributed by atoms with Crippen LogP contribution in [0.5, 0.6) is 17.2 Å². The van der Waals surface area contributed by atoms with Crippen LogP contribution in [0.25, 0.3) is 11.0 Å². The van der Waals surface area contributed by atoms with Gasteiger partial charge in [-0.05, 0) is 31.7 Å². The lowest BCUT2D eigenvalue weighted by Gasteiger charge is -2.36. The van der Waals surface area contributed by atoms with E-state index in [1.165, 1.54) is 16.7 Å². The molecular weight excluding hydrogens is 443 g/mol. The summed E-state index contributed by atoms with van der Waals surface area (Å²) >= 11 is 0. The fraction of sp³-hybridized carbons (Fsp3) is 0.458. The summed E-state index contributed by atoms with van der Waals surface area (Å²) in [7, 11) is 1.54. The third-order valence-electron chi connectivity index (χ3n) is 6.50. The van der Waals surface area contributed by atoms with Gasteiger partial charge in [-0.2, -0.15) is 0 Å². The summed E-state index contributed by atoms with van der Waals surface area (Å²) in [6.45, 7) is 1.58. The van der Waals surface area contributed by atoms with Crippen molar-refractivity contribution >= 4 is 11.0 Å². The van der Waals surface area contributed by atoms with Crippen molar-refractivity contribution in [2.24, 2.45) is 7.05 Å². The number of hydrogen-bond acceptors (Lipinski definition) is 8. The number of nitrogens with one attached hydrogen (secondary N) is 1. The number of nitrogens with zero attached hydrogens (tertiary/aromatic N) is 3. The van der Waals surface area contributed by atoms with Crippen LogP contribution in [-0.4, -0.2) is 51.1 Å². The van der Waals surface area contributed by atoms with Crippen molar-refractivity contribution in [2.45, 2.75) is 43.9 Å². The third kappa shape index (κ3) is 4.55. The normalized spacial score (nSPS) is 22.0. The first kappa shape index (κ1) is 22.5. The molecule has 1 aliphatic heterocycles. The van der Waals surface area contributed by atoms with Crippen molar-refractivity contribution in [3.63, 3.8) is 0 Å². The van der Waals surface area contributed by atoms with E-state index < -0.39 is 11.4 Å². The number of aromatic nitrogens is 3. The number of aryl methyl sites for hydroxylation is 1. The summed E-state index contributed by atoms with van der Waals surface area (Å²) in [4.78, 5) is 20.5. The number of fused-ring (bicyclic) bond motifs is 2. The van der Waals surface area contributed by atoms with E-state index in [0.717, 1.165) is 24.7 Å². The maximum atomic E-state index is 14.5. The molecule has 3 aromatic heterocycles. The van der Waals surface area contributed by atoms with Gasteiger partial charge in [-0.25, -0.2) is 4.39 Å². The molecule has 34 heavy (non-hydrogen) atoms. The van der Waals surface area contributed by atoms with Crippen LogP contribution in [0.4, 0.5) is 4.39 Å². The Hall–Kier alpha value is -3.24. The lowest BCUT2D eigenvalue weighted by atomic mass is 9.82. The van der Waals surface area contributed by atoms with Crippen molar-refractivity contribution < 1.29 is 23.7 Å². The molecule has 2 aliphatic rings. The Morgan fingerprint density at radius 3 is 2.76 bits per heavy atom. The first-order chi connectivity index (χ1) is 16.4. The Bertz CT molecular complexity index is 1260. The van der Waals surface area contributed by atoms with E-state index in [4.69, 9.17) is 14.2 Å². The van der Waals surface area contributed by atoms with E-state index in [0.29, 0.717) is 49.6 Å². The molecular formula is C24H27FN4O5. The second-order valence-corrected chi connectivity index (χ2v) is 8.89. The molecule has 0 radical (unpaired) electrons. The minimum atomic E-state index is -1.08. The van der Waals surface area contributed by atoms with Crippen LogP contribution in [0.3, 0.4) is 0 Å². The van der Waals surface area contributed by atoms with Gasteiger partial charge in [0, 0.05) is 31.8 Å². The molecule has 1 aliphatic carbocycles. The van der Waals surface area contributed by atoms with Gasteiger partial charge in [0.1, 0.15) is 25.3 Å². The quantitative estimate of drug-likeness (QED) is 0.564. The Morgan fingerprint density at radius 1 is 1.21 bits per heavy atom. The average Bonchev–Trinajstić information content (AvgIpc) is 2.85. The Labute approximate surface area is 195 Å². The molecule has 0 aromatic carbocycles. The summed E-state index contributed by atoms with van der Waals surface area (Å²) in [6, 6.07) is 5.01. The van der Waals surface area contributed by atoms with Crippen molar-refractivity contribution in [1.82, 2.24) is 19.9 Å². The van der Waals surface area contributed by atoms with E-state index in [9.17, 15) is 14.3 Å². The van der Waals surface area contributed by atoms with Gasteiger partial charge in [0.15, 0.2) is 23.1 Å². The number of hydrogen-bond donors (Lipinski definition) is 2. The van der Waals surface area contributed by atoms with Crippen molar-refractivity contribution in [1.29, 1.82) is 0 Å². The molecule has 2 N–H and O–H groups in total. The molecule has 0 amide bonds. The predicted octanol–water partition coefficient (Wildman–Crippen LogP) is 2.08. The van der Waals surface area contributed by atoms with Crippen molar-refractivity contribution in [3.05, 3.63) is 52.5 Å². The van der Waals surface area contributed by atoms with Gasteiger partial charge >= 0.3 is 0 Å². The fourth-order valence-electron chi connectivity index (χ4n) is 4.48. The third-order valence-corrected chi connectivity index (χ3v) is 6.50. The summed E-state index contributed by atoms with van der Waals surface area (Å²) in [5, 5.41) is 14.5. The minimum Gasteiger partial charge on any atom is -0.486 e. The van der Waals surface area contributed by atoms with Crippen LogP contribution in [0.2, 0.25) is 0 Å². The SMILES string of the molecule is Cn1c(=O)ccc2ncc(F)c(OCC3(O)CCC(NCc4cc5c(cn4)OCCO5)CC3)c21. The second kappa shape index (κ2) is 9.19. The fourth-order valence-corrected chi connectivity index (χ4v) is 4.48. The number of pyridine rings is 3. The van der Waals surface area contributed by atoms with E-state index in [-0.39, 0.29) is 29.5 Å². The zero-order chi connectivity index (χ0) is 23.7. The van der Waals surface area contributed by atoms with Gasteiger partial charge in [-0.1, -0.05) is 0 Å². The highest BCUT2D eigenvalue weighted by molar-refractivity contribution is 5.81. The standard InChI is InChI=1S/C24H27FN4O5/c1-29-21(30)3-2-18-22(29)23(17(25)12-28-18)34-14-24(31)6-4-15(5-7-24)26-11-16-10-19-20(13-27-16)33-9-8-32-19/h2-3,10,12-13,15,26,31H,4-9,11,14H2,1H3. The van der Waals surface area contributed by atoms with Gasteiger partial charge in [0.2, 0.25) is 0 Å². The molecule has 9 nitrogen and oxygen atoms in total.